The fraction of sp³-hybridized carbons (Fsp3) is 0.0769. The number of hydrogen-bond acceptors (Lipinski definition) is 3. The largest absolute Gasteiger partial charge is 0.398 e. The molecule has 0 aliphatic carbocycles. The molecule has 0 aliphatic rings. The Kier molecular flexibility index (Phi) is 4.88. The molecule has 0 amide bonds. The van der Waals surface area contributed by atoms with Crippen LogP contribution in [0.5, 0.6) is 0 Å². The van der Waals surface area contributed by atoms with Gasteiger partial charge < -0.3 is 5.73 Å². The van der Waals surface area contributed by atoms with Gasteiger partial charge in [0.05, 0.1) is 9.92 Å². The predicted molar refractivity (Wildman–Crippen MR) is 84.0 cm³/mol. The van der Waals surface area contributed by atoms with Crippen LogP contribution in [-0.2, 0) is 16.6 Å². The molecule has 0 radical (unpaired) electrons. The lowest BCUT2D eigenvalue weighted by atomic mass is 10.2. The SMILES string of the molecule is Nc1ccc(S(=O)(=O)NCc2ccc(F)c(Cl)c2)cc1Br. The summed E-state index contributed by atoms with van der Waals surface area (Å²) in [7, 11) is -3.69. The van der Waals surface area contributed by atoms with Crippen molar-refractivity contribution in [3.8, 4) is 0 Å². The van der Waals surface area contributed by atoms with Crippen LogP contribution in [0.3, 0.4) is 0 Å². The number of hydrogen-bond donors (Lipinski definition) is 2. The van der Waals surface area contributed by atoms with Crippen molar-refractivity contribution < 1.29 is 12.8 Å². The molecule has 0 saturated heterocycles. The van der Waals surface area contributed by atoms with Gasteiger partial charge in [-0.2, -0.15) is 0 Å². The van der Waals surface area contributed by atoms with Crippen molar-refractivity contribution in [2.45, 2.75) is 11.4 Å². The fourth-order valence-electron chi connectivity index (χ4n) is 1.59. The van der Waals surface area contributed by atoms with Crippen molar-refractivity contribution in [1.82, 2.24) is 4.72 Å². The van der Waals surface area contributed by atoms with Crippen LogP contribution in [0.2, 0.25) is 5.02 Å². The minimum absolute atomic E-state index is 0.00429. The number of halogens is 3. The fourth-order valence-corrected chi connectivity index (χ4v) is 3.36. The second-order valence-corrected chi connectivity index (χ2v) is 7.28. The van der Waals surface area contributed by atoms with Gasteiger partial charge in [0, 0.05) is 16.7 Å². The highest BCUT2D eigenvalue weighted by molar-refractivity contribution is 9.10. The van der Waals surface area contributed by atoms with Gasteiger partial charge in [-0.1, -0.05) is 17.7 Å². The van der Waals surface area contributed by atoms with Gasteiger partial charge in [0.25, 0.3) is 0 Å². The van der Waals surface area contributed by atoms with Crippen molar-refractivity contribution in [2.24, 2.45) is 0 Å². The number of rotatable bonds is 4. The standard InChI is InChI=1S/C13H11BrClFN2O2S/c14-10-6-9(2-4-13(10)17)21(19,20)18-7-8-1-3-12(16)11(15)5-8/h1-6,18H,7,17H2. The molecular formula is C13H11BrClFN2O2S. The zero-order chi connectivity index (χ0) is 15.6. The first-order chi connectivity index (χ1) is 9.79. The molecule has 2 aromatic carbocycles. The average molecular weight is 394 g/mol. The topological polar surface area (TPSA) is 72.2 Å². The number of nitrogens with one attached hydrogen (secondary N) is 1. The maximum Gasteiger partial charge on any atom is 0.240 e. The first-order valence-electron chi connectivity index (χ1n) is 5.78. The van der Waals surface area contributed by atoms with E-state index in [1.165, 1.54) is 36.4 Å². The first kappa shape index (κ1) is 16.2. The Morgan fingerprint density at radius 1 is 1.24 bits per heavy atom. The van der Waals surface area contributed by atoms with Crippen LogP contribution >= 0.6 is 27.5 Å². The third-order valence-corrected chi connectivity index (χ3v) is 5.11. The Bertz CT molecular complexity index is 784. The van der Waals surface area contributed by atoms with Crippen molar-refractivity contribution in [3.05, 3.63) is 57.3 Å². The van der Waals surface area contributed by atoms with Gasteiger partial charge in [-0.05, 0) is 51.8 Å². The Morgan fingerprint density at radius 3 is 2.57 bits per heavy atom. The van der Waals surface area contributed by atoms with E-state index in [1.807, 2.05) is 0 Å². The third-order valence-electron chi connectivity index (χ3n) is 2.73. The first-order valence-corrected chi connectivity index (χ1v) is 8.43. The monoisotopic (exact) mass is 392 g/mol. The molecule has 0 unspecified atom stereocenters. The molecule has 0 bridgehead atoms. The molecule has 0 heterocycles. The van der Waals surface area contributed by atoms with E-state index >= 15 is 0 Å². The van der Waals surface area contributed by atoms with E-state index in [1.54, 1.807) is 0 Å². The summed E-state index contributed by atoms with van der Waals surface area (Å²) < 4.78 is 40.2. The molecule has 21 heavy (non-hydrogen) atoms. The van der Waals surface area contributed by atoms with Crippen LogP contribution in [-0.4, -0.2) is 8.42 Å². The maximum absolute atomic E-state index is 13.0. The van der Waals surface area contributed by atoms with Gasteiger partial charge in [0.2, 0.25) is 10.0 Å². The Balaban J connectivity index is 2.17. The van der Waals surface area contributed by atoms with Crippen LogP contribution in [0.25, 0.3) is 0 Å². The normalized spacial score (nSPS) is 11.6. The van der Waals surface area contributed by atoms with Crippen molar-refractivity contribution in [2.75, 3.05) is 5.73 Å². The Labute approximate surface area is 135 Å². The number of nitrogen functional groups attached to an aromatic ring is 1. The van der Waals surface area contributed by atoms with Crippen LogP contribution in [0.15, 0.2) is 45.8 Å². The van der Waals surface area contributed by atoms with Gasteiger partial charge in [0.1, 0.15) is 5.82 Å². The number of nitrogens with two attached hydrogens (primary N) is 1. The maximum atomic E-state index is 13.0. The van der Waals surface area contributed by atoms with Gasteiger partial charge in [-0.25, -0.2) is 17.5 Å². The molecule has 0 aromatic heterocycles. The van der Waals surface area contributed by atoms with Crippen molar-refractivity contribution in [3.63, 3.8) is 0 Å². The minimum atomic E-state index is -3.69. The van der Waals surface area contributed by atoms with Gasteiger partial charge >= 0.3 is 0 Å². The summed E-state index contributed by atoms with van der Waals surface area (Å²) >= 11 is 8.82. The molecule has 0 saturated carbocycles. The van der Waals surface area contributed by atoms with Crippen molar-refractivity contribution in [1.29, 1.82) is 0 Å². The molecule has 112 valence electrons. The minimum Gasteiger partial charge on any atom is -0.398 e. The third kappa shape index (κ3) is 3.94. The Morgan fingerprint density at radius 2 is 1.95 bits per heavy atom. The molecule has 3 N–H and O–H groups in total. The van der Waals surface area contributed by atoms with Crippen LogP contribution in [0.4, 0.5) is 10.1 Å². The van der Waals surface area contributed by atoms with Crippen LogP contribution in [0.1, 0.15) is 5.56 Å². The van der Waals surface area contributed by atoms with E-state index in [-0.39, 0.29) is 16.5 Å². The lowest BCUT2D eigenvalue weighted by Crippen LogP contribution is -2.23. The number of anilines is 1. The number of sulfonamides is 1. The van der Waals surface area contributed by atoms with Gasteiger partial charge in [0.15, 0.2) is 0 Å². The molecule has 8 heteroatoms. The number of benzene rings is 2. The molecular weight excluding hydrogens is 383 g/mol. The van der Waals surface area contributed by atoms with E-state index in [2.05, 4.69) is 20.7 Å². The molecule has 2 rings (SSSR count). The molecule has 2 aromatic rings. The summed E-state index contributed by atoms with van der Waals surface area (Å²) in [6.45, 7) is 0.00429. The highest BCUT2D eigenvalue weighted by Crippen LogP contribution is 2.23. The van der Waals surface area contributed by atoms with Gasteiger partial charge in [-0.3, -0.25) is 0 Å². The van der Waals surface area contributed by atoms with E-state index in [9.17, 15) is 12.8 Å². The summed E-state index contributed by atoms with van der Waals surface area (Å²) in [6.07, 6.45) is 0. The summed E-state index contributed by atoms with van der Waals surface area (Å²) in [4.78, 5) is 0.0804. The lowest BCUT2D eigenvalue weighted by molar-refractivity contribution is 0.581. The van der Waals surface area contributed by atoms with E-state index < -0.39 is 15.8 Å². The summed E-state index contributed by atoms with van der Waals surface area (Å²) in [6, 6.07) is 8.33. The quantitative estimate of drug-likeness (QED) is 0.783. The zero-order valence-electron chi connectivity index (χ0n) is 10.6. The molecule has 4 nitrogen and oxygen atoms in total. The predicted octanol–water partition coefficient (Wildman–Crippen LogP) is 3.30. The molecule has 0 aliphatic heterocycles. The van der Waals surface area contributed by atoms with Crippen molar-refractivity contribution >= 4 is 43.2 Å². The Hall–Kier alpha value is -1.15. The van der Waals surface area contributed by atoms with E-state index in [0.717, 1.165) is 0 Å². The smallest absolute Gasteiger partial charge is 0.240 e. The summed E-state index contributed by atoms with van der Waals surface area (Å²) in [5, 5.41) is -0.0538. The summed E-state index contributed by atoms with van der Waals surface area (Å²) in [5.74, 6) is -0.550. The van der Waals surface area contributed by atoms with Crippen LogP contribution < -0.4 is 10.5 Å². The van der Waals surface area contributed by atoms with Crippen LogP contribution in [0, 0.1) is 5.82 Å². The lowest BCUT2D eigenvalue weighted by Gasteiger charge is -2.08. The van der Waals surface area contributed by atoms with Gasteiger partial charge in [-0.15, -0.1) is 0 Å². The van der Waals surface area contributed by atoms with E-state index in [0.29, 0.717) is 15.7 Å². The highest BCUT2D eigenvalue weighted by atomic mass is 79.9. The van der Waals surface area contributed by atoms with E-state index in [4.69, 9.17) is 17.3 Å². The second-order valence-electron chi connectivity index (χ2n) is 4.26. The molecule has 0 fully saturated rings. The average Bonchev–Trinajstić information content (AvgIpc) is 2.43. The zero-order valence-corrected chi connectivity index (χ0v) is 13.8. The molecule has 0 atom stereocenters. The second kappa shape index (κ2) is 6.31. The summed E-state index contributed by atoms with van der Waals surface area (Å²) in [5.41, 5.74) is 6.61. The highest BCUT2D eigenvalue weighted by Gasteiger charge is 2.15. The molecule has 0 spiro atoms.